The van der Waals surface area contributed by atoms with Crippen LogP contribution in [0.5, 0.6) is 0 Å². The van der Waals surface area contributed by atoms with Crippen LogP contribution in [0.15, 0.2) is 42.7 Å². The van der Waals surface area contributed by atoms with Crippen LogP contribution in [-0.4, -0.2) is 20.3 Å². The van der Waals surface area contributed by atoms with Crippen LogP contribution in [0.25, 0.3) is 17.0 Å². The maximum atomic E-state index is 12.0. The smallest absolute Gasteiger partial charge is 0.234 e. The second kappa shape index (κ2) is 5.50. The van der Waals surface area contributed by atoms with Gasteiger partial charge < -0.3 is 5.32 Å². The van der Waals surface area contributed by atoms with E-state index in [1.54, 1.807) is 6.20 Å². The molecule has 1 aromatic carbocycles. The Morgan fingerprint density at radius 3 is 3.00 bits per heavy atom. The van der Waals surface area contributed by atoms with E-state index in [-0.39, 0.29) is 5.91 Å². The van der Waals surface area contributed by atoms with Crippen molar-refractivity contribution in [2.45, 2.75) is 26.2 Å². The van der Waals surface area contributed by atoms with E-state index in [9.17, 15) is 4.79 Å². The molecule has 2 heterocycles. The van der Waals surface area contributed by atoms with Crippen molar-refractivity contribution in [2.24, 2.45) is 5.92 Å². The summed E-state index contributed by atoms with van der Waals surface area (Å²) in [7, 11) is 0. The number of imidazole rings is 1. The first kappa shape index (κ1) is 13.9. The van der Waals surface area contributed by atoms with Crippen molar-refractivity contribution in [3.05, 3.63) is 48.4 Å². The lowest BCUT2D eigenvalue weighted by atomic mass is 10.1. The van der Waals surface area contributed by atoms with Gasteiger partial charge in [0.05, 0.1) is 5.69 Å². The SMILES string of the molecule is Cc1c(-c2cccc(NC(=O)CC3CC3)c2)nc2ncccn12. The third-order valence-corrected chi connectivity index (χ3v) is 4.23. The van der Waals surface area contributed by atoms with Gasteiger partial charge in [-0.25, -0.2) is 9.97 Å². The predicted molar refractivity (Wildman–Crippen MR) is 89.1 cm³/mol. The molecule has 4 rings (SSSR count). The van der Waals surface area contributed by atoms with Crippen LogP contribution in [0, 0.1) is 12.8 Å². The van der Waals surface area contributed by atoms with Gasteiger partial charge in [-0.05, 0) is 43.9 Å². The minimum absolute atomic E-state index is 0.0954. The van der Waals surface area contributed by atoms with Crippen LogP contribution in [-0.2, 0) is 4.79 Å². The lowest BCUT2D eigenvalue weighted by molar-refractivity contribution is -0.116. The maximum absolute atomic E-state index is 12.0. The average Bonchev–Trinajstić information content (AvgIpc) is 3.30. The Morgan fingerprint density at radius 1 is 1.35 bits per heavy atom. The van der Waals surface area contributed by atoms with E-state index < -0.39 is 0 Å². The predicted octanol–water partition coefficient (Wildman–Crippen LogP) is 3.44. The highest BCUT2D eigenvalue weighted by Crippen LogP contribution is 2.32. The molecule has 0 radical (unpaired) electrons. The van der Waals surface area contributed by atoms with E-state index in [1.807, 2.05) is 47.9 Å². The molecule has 1 aliphatic rings. The largest absolute Gasteiger partial charge is 0.326 e. The molecule has 116 valence electrons. The van der Waals surface area contributed by atoms with Crippen molar-refractivity contribution in [1.29, 1.82) is 0 Å². The van der Waals surface area contributed by atoms with E-state index >= 15 is 0 Å². The number of fused-ring (bicyclic) bond motifs is 1. The first-order valence-corrected chi connectivity index (χ1v) is 7.90. The number of hydrogen-bond donors (Lipinski definition) is 1. The van der Waals surface area contributed by atoms with Gasteiger partial charge in [0.1, 0.15) is 0 Å². The van der Waals surface area contributed by atoms with Crippen molar-refractivity contribution in [3.8, 4) is 11.3 Å². The molecule has 5 nitrogen and oxygen atoms in total. The first-order valence-electron chi connectivity index (χ1n) is 7.90. The van der Waals surface area contributed by atoms with Crippen LogP contribution in [0.2, 0.25) is 0 Å². The van der Waals surface area contributed by atoms with Crippen LogP contribution in [0.3, 0.4) is 0 Å². The molecule has 0 aliphatic heterocycles. The quantitative estimate of drug-likeness (QED) is 0.803. The molecule has 2 aromatic heterocycles. The molecular weight excluding hydrogens is 288 g/mol. The fraction of sp³-hybridized carbons (Fsp3) is 0.278. The molecule has 5 heteroatoms. The minimum Gasteiger partial charge on any atom is -0.326 e. The molecule has 1 N–H and O–H groups in total. The Morgan fingerprint density at radius 2 is 2.22 bits per heavy atom. The average molecular weight is 306 g/mol. The standard InChI is InChI=1S/C18H18N4O/c1-12-17(21-18-19-8-3-9-22(12)18)14-4-2-5-15(11-14)20-16(23)10-13-6-7-13/h2-5,8-9,11,13H,6-7,10H2,1H3,(H,20,23). The molecule has 3 aromatic rings. The summed E-state index contributed by atoms with van der Waals surface area (Å²) in [6, 6.07) is 9.72. The second-order valence-corrected chi connectivity index (χ2v) is 6.11. The van der Waals surface area contributed by atoms with Crippen LogP contribution in [0.1, 0.15) is 25.0 Å². The number of hydrogen-bond acceptors (Lipinski definition) is 3. The molecule has 0 saturated heterocycles. The van der Waals surface area contributed by atoms with E-state index in [2.05, 4.69) is 15.3 Å². The van der Waals surface area contributed by atoms with E-state index in [4.69, 9.17) is 0 Å². The van der Waals surface area contributed by atoms with E-state index in [1.165, 1.54) is 12.8 Å². The Balaban J connectivity index is 1.64. The van der Waals surface area contributed by atoms with Gasteiger partial charge in [-0.15, -0.1) is 0 Å². The van der Waals surface area contributed by atoms with Crippen LogP contribution in [0.4, 0.5) is 5.69 Å². The molecule has 0 spiro atoms. The number of carbonyl (C=O) groups is 1. The minimum atomic E-state index is 0.0954. The third-order valence-electron chi connectivity index (χ3n) is 4.23. The number of amides is 1. The Labute approximate surface area is 134 Å². The molecule has 1 saturated carbocycles. The molecule has 0 atom stereocenters. The fourth-order valence-electron chi connectivity index (χ4n) is 2.82. The summed E-state index contributed by atoms with van der Waals surface area (Å²) in [4.78, 5) is 20.9. The van der Waals surface area contributed by atoms with Crippen LogP contribution >= 0.6 is 0 Å². The Hall–Kier alpha value is -2.69. The summed E-state index contributed by atoms with van der Waals surface area (Å²) >= 11 is 0. The number of aromatic nitrogens is 3. The number of rotatable bonds is 4. The van der Waals surface area contributed by atoms with Crippen molar-refractivity contribution in [3.63, 3.8) is 0 Å². The van der Waals surface area contributed by atoms with Crippen molar-refractivity contribution in [1.82, 2.24) is 14.4 Å². The van der Waals surface area contributed by atoms with Gasteiger partial charge in [-0.1, -0.05) is 12.1 Å². The number of benzene rings is 1. The van der Waals surface area contributed by atoms with E-state index in [0.29, 0.717) is 18.1 Å². The Kier molecular flexibility index (Phi) is 3.33. The van der Waals surface area contributed by atoms with Gasteiger partial charge in [0.2, 0.25) is 11.7 Å². The van der Waals surface area contributed by atoms with Crippen LogP contribution < -0.4 is 5.32 Å². The van der Waals surface area contributed by atoms with Crippen molar-refractivity contribution >= 4 is 17.4 Å². The maximum Gasteiger partial charge on any atom is 0.234 e. The van der Waals surface area contributed by atoms with Gasteiger partial charge in [0.15, 0.2) is 0 Å². The second-order valence-electron chi connectivity index (χ2n) is 6.11. The lowest BCUT2D eigenvalue weighted by Gasteiger charge is -2.06. The molecule has 1 aliphatic carbocycles. The van der Waals surface area contributed by atoms with Gasteiger partial charge in [0.25, 0.3) is 0 Å². The molecular formula is C18H18N4O. The van der Waals surface area contributed by atoms with Crippen molar-refractivity contribution < 1.29 is 4.79 Å². The van der Waals surface area contributed by atoms with Gasteiger partial charge >= 0.3 is 0 Å². The monoisotopic (exact) mass is 306 g/mol. The topological polar surface area (TPSA) is 59.3 Å². The van der Waals surface area contributed by atoms with Gasteiger partial charge in [-0.2, -0.15) is 0 Å². The number of anilines is 1. The summed E-state index contributed by atoms with van der Waals surface area (Å²) < 4.78 is 1.97. The van der Waals surface area contributed by atoms with Gasteiger partial charge in [0, 0.05) is 35.8 Å². The molecule has 0 bridgehead atoms. The highest BCUT2D eigenvalue weighted by molar-refractivity contribution is 5.91. The summed E-state index contributed by atoms with van der Waals surface area (Å²) in [6.07, 6.45) is 6.68. The van der Waals surface area contributed by atoms with Gasteiger partial charge in [-0.3, -0.25) is 9.20 Å². The van der Waals surface area contributed by atoms with E-state index in [0.717, 1.165) is 22.6 Å². The zero-order valence-corrected chi connectivity index (χ0v) is 13.0. The summed E-state index contributed by atoms with van der Waals surface area (Å²) in [5.74, 6) is 1.37. The number of carbonyl (C=O) groups excluding carboxylic acids is 1. The number of nitrogens with one attached hydrogen (secondary N) is 1. The number of nitrogens with zero attached hydrogens (tertiary/aromatic N) is 3. The first-order chi connectivity index (χ1) is 11.2. The molecule has 1 fully saturated rings. The lowest BCUT2D eigenvalue weighted by Crippen LogP contribution is -2.11. The highest BCUT2D eigenvalue weighted by Gasteiger charge is 2.24. The molecule has 23 heavy (non-hydrogen) atoms. The normalized spacial score (nSPS) is 14.1. The Bertz CT molecular complexity index is 880. The molecule has 1 amide bonds. The summed E-state index contributed by atoms with van der Waals surface area (Å²) in [6.45, 7) is 2.02. The highest BCUT2D eigenvalue weighted by atomic mass is 16.1. The summed E-state index contributed by atoms with van der Waals surface area (Å²) in [5, 5.41) is 2.99. The molecule has 0 unspecified atom stereocenters. The third kappa shape index (κ3) is 2.82. The van der Waals surface area contributed by atoms with Crippen molar-refractivity contribution in [2.75, 3.05) is 5.32 Å². The fourth-order valence-corrected chi connectivity index (χ4v) is 2.82. The summed E-state index contributed by atoms with van der Waals surface area (Å²) in [5.41, 5.74) is 3.73. The number of aryl methyl sites for hydroxylation is 1. The zero-order chi connectivity index (χ0) is 15.8. The zero-order valence-electron chi connectivity index (χ0n) is 13.0.